The van der Waals surface area contributed by atoms with E-state index in [2.05, 4.69) is 10.6 Å². The van der Waals surface area contributed by atoms with Gasteiger partial charge in [0.25, 0.3) is 0 Å². The van der Waals surface area contributed by atoms with E-state index < -0.39 is 0 Å². The monoisotopic (exact) mass is 243 g/mol. The Balaban J connectivity index is 2.98. The van der Waals surface area contributed by atoms with E-state index in [-0.39, 0.29) is 17.5 Å². The number of hydrogen-bond acceptors (Lipinski definition) is 3. The highest BCUT2D eigenvalue weighted by Gasteiger charge is 2.10. The summed E-state index contributed by atoms with van der Waals surface area (Å²) in [5, 5.41) is 15.4. The Labute approximate surface area is 99.0 Å². The summed E-state index contributed by atoms with van der Waals surface area (Å²) < 4.78 is 0. The first kappa shape index (κ1) is 12.4. The molecule has 0 unspecified atom stereocenters. The van der Waals surface area contributed by atoms with Crippen molar-refractivity contribution < 1.29 is 9.90 Å². The number of rotatable bonds is 2. The number of anilines is 2. The van der Waals surface area contributed by atoms with Crippen LogP contribution in [0.15, 0.2) is 12.1 Å². The van der Waals surface area contributed by atoms with Crippen LogP contribution in [0.3, 0.4) is 0 Å². The number of nitrogens with zero attached hydrogens (tertiary/aromatic N) is 1. The zero-order valence-corrected chi connectivity index (χ0v) is 10.1. The summed E-state index contributed by atoms with van der Waals surface area (Å²) in [5.41, 5.74) is 0.879. The van der Waals surface area contributed by atoms with Gasteiger partial charge in [-0.2, -0.15) is 0 Å². The summed E-state index contributed by atoms with van der Waals surface area (Å²) in [6.45, 7) is 0. The minimum absolute atomic E-state index is 0.0380. The summed E-state index contributed by atoms with van der Waals surface area (Å²) >= 11 is 5.93. The lowest BCUT2D eigenvalue weighted by atomic mass is 10.2. The second-order valence-corrected chi connectivity index (χ2v) is 3.83. The summed E-state index contributed by atoms with van der Waals surface area (Å²) in [7, 11) is 4.91. The molecule has 88 valence electrons. The third kappa shape index (κ3) is 2.70. The predicted molar refractivity (Wildman–Crippen MR) is 65.4 cm³/mol. The van der Waals surface area contributed by atoms with Gasteiger partial charge in [-0.3, -0.25) is 0 Å². The number of nitrogens with one attached hydrogen (secondary N) is 2. The smallest absolute Gasteiger partial charge is 0.321 e. The molecule has 0 spiro atoms. The molecular weight excluding hydrogens is 230 g/mol. The minimum atomic E-state index is -0.330. The van der Waals surface area contributed by atoms with E-state index in [0.717, 1.165) is 0 Å². The first-order chi connectivity index (χ1) is 7.45. The molecule has 0 saturated heterocycles. The van der Waals surface area contributed by atoms with E-state index in [4.69, 9.17) is 11.6 Å². The van der Waals surface area contributed by atoms with Gasteiger partial charge in [0.05, 0.1) is 16.4 Å². The number of phenolic OH excluding ortho intramolecular Hbond substituents is 1. The summed E-state index contributed by atoms with van der Waals surface area (Å²) in [6.07, 6.45) is 0. The average molecular weight is 244 g/mol. The molecule has 6 heteroatoms. The van der Waals surface area contributed by atoms with Gasteiger partial charge in [0.2, 0.25) is 0 Å². The van der Waals surface area contributed by atoms with Crippen molar-refractivity contribution in [2.75, 3.05) is 31.8 Å². The van der Waals surface area contributed by atoms with Crippen LogP contribution in [0, 0.1) is 0 Å². The number of phenols is 1. The van der Waals surface area contributed by atoms with E-state index in [1.807, 2.05) is 0 Å². The van der Waals surface area contributed by atoms with Crippen molar-refractivity contribution in [3.05, 3.63) is 17.2 Å². The lowest BCUT2D eigenvalue weighted by Gasteiger charge is -2.14. The number of aromatic hydroxyl groups is 1. The van der Waals surface area contributed by atoms with E-state index in [9.17, 15) is 9.90 Å². The molecule has 1 aromatic rings. The molecule has 0 aliphatic rings. The maximum absolute atomic E-state index is 11.4. The number of amides is 2. The third-order valence-electron chi connectivity index (χ3n) is 2.00. The molecule has 1 rings (SSSR count). The standard InChI is InChI=1S/C10H14ClN3O2/c1-12-7-5-9(15)8(4-6(7)11)13-10(16)14(2)3/h4-5,12,15H,1-3H3,(H,13,16). The first-order valence-electron chi connectivity index (χ1n) is 4.64. The average Bonchev–Trinajstić information content (AvgIpc) is 2.22. The Bertz CT molecular complexity index is 407. The highest BCUT2D eigenvalue weighted by molar-refractivity contribution is 6.33. The van der Waals surface area contributed by atoms with Gasteiger partial charge in [-0.25, -0.2) is 4.79 Å². The van der Waals surface area contributed by atoms with Gasteiger partial charge in [0, 0.05) is 27.2 Å². The Morgan fingerprint density at radius 2 is 2.00 bits per heavy atom. The van der Waals surface area contributed by atoms with Crippen LogP contribution in [0.25, 0.3) is 0 Å². The molecule has 16 heavy (non-hydrogen) atoms. The van der Waals surface area contributed by atoms with Gasteiger partial charge >= 0.3 is 6.03 Å². The largest absolute Gasteiger partial charge is 0.506 e. The van der Waals surface area contributed by atoms with Gasteiger partial charge < -0.3 is 20.6 Å². The molecule has 0 bridgehead atoms. The van der Waals surface area contributed by atoms with Crippen molar-refractivity contribution in [2.24, 2.45) is 0 Å². The summed E-state index contributed by atoms with van der Waals surface area (Å²) in [6, 6.07) is 2.61. The fraction of sp³-hybridized carbons (Fsp3) is 0.300. The lowest BCUT2D eigenvalue weighted by Crippen LogP contribution is -2.27. The number of urea groups is 1. The van der Waals surface area contributed by atoms with Crippen LogP contribution in [0.4, 0.5) is 16.2 Å². The number of benzene rings is 1. The molecule has 0 aliphatic heterocycles. The Morgan fingerprint density at radius 3 is 2.50 bits per heavy atom. The molecule has 0 saturated carbocycles. The molecule has 3 N–H and O–H groups in total. The van der Waals surface area contributed by atoms with Gasteiger partial charge in [-0.05, 0) is 6.07 Å². The van der Waals surface area contributed by atoms with E-state index in [1.54, 1.807) is 21.1 Å². The zero-order chi connectivity index (χ0) is 12.3. The van der Waals surface area contributed by atoms with Gasteiger partial charge in [-0.15, -0.1) is 0 Å². The summed E-state index contributed by atoms with van der Waals surface area (Å²) in [5.74, 6) is -0.0380. The zero-order valence-electron chi connectivity index (χ0n) is 9.34. The number of hydrogen-bond donors (Lipinski definition) is 3. The normalized spacial score (nSPS) is 9.75. The van der Waals surface area contributed by atoms with Crippen LogP contribution < -0.4 is 10.6 Å². The quantitative estimate of drug-likeness (QED) is 0.698. The van der Waals surface area contributed by atoms with E-state index in [1.165, 1.54) is 17.0 Å². The molecular formula is C10H14ClN3O2. The highest BCUT2D eigenvalue weighted by Crippen LogP contribution is 2.33. The molecule has 0 heterocycles. The molecule has 0 aromatic heterocycles. The second kappa shape index (κ2) is 4.94. The van der Waals surface area contributed by atoms with Gasteiger partial charge in [0.1, 0.15) is 5.75 Å². The molecule has 5 nitrogen and oxygen atoms in total. The van der Waals surface area contributed by atoms with Crippen LogP contribution in [0.5, 0.6) is 5.75 Å². The molecule has 2 amide bonds. The second-order valence-electron chi connectivity index (χ2n) is 3.42. The molecule has 0 fully saturated rings. The predicted octanol–water partition coefficient (Wildman–Crippen LogP) is 2.18. The van der Waals surface area contributed by atoms with Crippen LogP contribution in [-0.2, 0) is 0 Å². The molecule has 0 aliphatic carbocycles. The number of carbonyl (C=O) groups is 1. The molecule has 1 aromatic carbocycles. The Morgan fingerprint density at radius 1 is 1.38 bits per heavy atom. The van der Waals surface area contributed by atoms with Crippen molar-refractivity contribution in [3.8, 4) is 5.75 Å². The van der Waals surface area contributed by atoms with Crippen molar-refractivity contribution in [2.45, 2.75) is 0 Å². The SMILES string of the molecule is CNc1cc(O)c(NC(=O)N(C)C)cc1Cl. The Hall–Kier alpha value is -1.62. The van der Waals surface area contributed by atoms with E-state index >= 15 is 0 Å². The molecule has 0 atom stereocenters. The van der Waals surface area contributed by atoms with Gasteiger partial charge in [-0.1, -0.05) is 11.6 Å². The van der Waals surface area contributed by atoms with E-state index in [0.29, 0.717) is 10.7 Å². The fourth-order valence-corrected chi connectivity index (χ4v) is 1.34. The number of carbonyl (C=O) groups excluding carboxylic acids is 1. The van der Waals surface area contributed by atoms with Crippen molar-refractivity contribution in [1.29, 1.82) is 0 Å². The number of halogens is 1. The van der Waals surface area contributed by atoms with Crippen LogP contribution in [-0.4, -0.2) is 37.2 Å². The van der Waals surface area contributed by atoms with Crippen molar-refractivity contribution >= 4 is 29.0 Å². The highest BCUT2D eigenvalue weighted by atomic mass is 35.5. The maximum Gasteiger partial charge on any atom is 0.321 e. The van der Waals surface area contributed by atoms with Crippen molar-refractivity contribution in [3.63, 3.8) is 0 Å². The molecule has 0 radical (unpaired) electrons. The first-order valence-corrected chi connectivity index (χ1v) is 5.02. The Kier molecular flexibility index (Phi) is 3.84. The fourth-order valence-electron chi connectivity index (χ4n) is 1.08. The lowest BCUT2D eigenvalue weighted by molar-refractivity contribution is 0.230. The van der Waals surface area contributed by atoms with Crippen LogP contribution >= 0.6 is 11.6 Å². The van der Waals surface area contributed by atoms with Crippen molar-refractivity contribution in [1.82, 2.24) is 4.90 Å². The van der Waals surface area contributed by atoms with Crippen LogP contribution in [0.1, 0.15) is 0 Å². The third-order valence-corrected chi connectivity index (χ3v) is 2.32. The minimum Gasteiger partial charge on any atom is -0.506 e. The van der Waals surface area contributed by atoms with Crippen LogP contribution in [0.2, 0.25) is 5.02 Å². The topological polar surface area (TPSA) is 64.6 Å². The maximum atomic E-state index is 11.4. The van der Waals surface area contributed by atoms with Gasteiger partial charge in [0.15, 0.2) is 0 Å². The summed E-state index contributed by atoms with van der Waals surface area (Å²) in [4.78, 5) is 12.7.